The fraction of sp³-hybridized carbons (Fsp3) is 0.0172. The van der Waals surface area contributed by atoms with E-state index in [1.54, 1.807) is 0 Å². The lowest BCUT2D eigenvalue weighted by Gasteiger charge is -2.16. The van der Waals surface area contributed by atoms with E-state index in [-0.39, 0.29) is 0 Å². The van der Waals surface area contributed by atoms with Crippen LogP contribution in [0.15, 0.2) is 72.8 Å². The number of aromatic nitrogens is 3. The number of benzene rings is 9. The van der Waals surface area contributed by atoms with E-state index in [0.29, 0.717) is 37.3 Å². The summed E-state index contributed by atoms with van der Waals surface area (Å²) in [5.41, 5.74) is -25.2. The van der Waals surface area contributed by atoms with E-state index in [9.17, 15) is 57.1 Å². The largest absolute Gasteiger partial charge is 0.208 e. The highest BCUT2D eigenvalue weighted by molar-refractivity contribution is 5.81. The molecule has 0 saturated heterocycles. The molecule has 0 saturated carbocycles. The van der Waals surface area contributed by atoms with E-state index in [1.165, 1.54) is 0 Å². The molecule has 10 aromatic rings. The molecule has 0 spiro atoms. The van der Waals surface area contributed by atoms with Crippen LogP contribution in [0, 0.1) is 158 Å². The van der Waals surface area contributed by atoms with Crippen LogP contribution < -0.4 is 0 Å². The molecule has 444 valence electrons. The van der Waals surface area contributed by atoms with Crippen LogP contribution >= 0.6 is 0 Å². The molecular formula is C58H15F26N3. The Hall–Kier alpha value is -9.83. The molecule has 1 heterocycles. The molecule has 0 radical (unpaired) electrons. The third kappa shape index (κ3) is 9.31. The van der Waals surface area contributed by atoms with Crippen molar-refractivity contribution in [3.8, 4) is 101 Å². The first kappa shape index (κ1) is 60.3. The second kappa shape index (κ2) is 21.9. The van der Waals surface area contributed by atoms with Crippen molar-refractivity contribution < 1.29 is 114 Å². The summed E-state index contributed by atoms with van der Waals surface area (Å²) in [7, 11) is 0. The second-order valence-electron chi connectivity index (χ2n) is 18.2. The summed E-state index contributed by atoms with van der Waals surface area (Å²) >= 11 is 0. The Balaban J connectivity index is 1.17. The molecule has 0 aliphatic carbocycles. The third-order valence-electron chi connectivity index (χ3n) is 13.3. The Labute approximate surface area is 465 Å². The molecule has 3 nitrogen and oxygen atoms in total. The maximum atomic E-state index is 16.1. The molecule has 0 unspecified atom stereocenters. The maximum Gasteiger partial charge on any atom is 0.200 e. The standard InChI is InChI=1S/C58H15F26N3/c1-14-30(59)24(44(73)49(78)31(14)60)25-38(67)32(61)21(33(62)39(25)68)15-5-2-8-18(11-15)56-85-57(19-9-3-6-16(12-19)22-34(63)40(69)26(41(70)35(22)64)28-45(74)50(79)54(83)51(80)46(28)75)87-58(86-56)20-10-4-7-17(13-20)23-36(65)42(71)27(43(72)37(23)66)29-47(76)52(81)55(84)53(82)48(29)77/h2-13H,1H3. The summed E-state index contributed by atoms with van der Waals surface area (Å²) in [5, 5.41) is 0. The van der Waals surface area contributed by atoms with E-state index >= 15 is 57.1 Å². The third-order valence-corrected chi connectivity index (χ3v) is 13.3. The van der Waals surface area contributed by atoms with Crippen LogP contribution in [0.25, 0.3) is 101 Å². The Morgan fingerprint density at radius 3 is 0.575 bits per heavy atom. The Morgan fingerprint density at radius 2 is 0.345 bits per heavy atom. The van der Waals surface area contributed by atoms with Crippen LogP contribution in [-0.2, 0) is 0 Å². The summed E-state index contributed by atoms with van der Waals surface area (Å²) in [6.07, 6.45) is 0. The topological polar surface area (TPSA) is 38.7 Å². The molecule has 10 rings (SSSR count). The predicted octanol–water partition coefficient (Wildman–Crippen LogP) is 18.8. The second-order valence-corrected chi connectivity index (χ2v) is 18.2. The van der Waals surface area contributed by atoms with Crippen molar-refractivity contribution >= 4 is 0 Å². The summed E-state index contributed by atoms with van der Waals surface area (Å²) in [6, 6.07) is 9.30. The Morgan fingerprint density at radius 1 is 0.184 bits per heavy atom. The normalized spacial score (nSPS) is 11.6. The molecule has 0 bridgehead atoms. The van der Waals surface area contributed by atoms with Crippen LogP contribution in [0.1, 0.15) is 5.56 Å². The first-order valence-corrected chi connectivity index (χ1v) is 23.5. The lowest BCUT2D eigenvalue weighted by atomic mass is 9.94. The molecule has 0 aliphatic heterocycles. The van der Waals surface area contributed by atoms with E-state index in [1.807, 2.05) is 0 Å². The van der Waals surface area contributed by atoms with E-state index in [4.69, 9.17) is 0 Å². The fourth-order valence-corrected chi connectivity index (χ4v) is 9.14. The smallest absolute Gasteiger partial charge is 0.200 e. The van der Waals surface area contributed by atoms with Crippen molar-refractivity contribution in [1.82, 2.24) is 15.0 Å². The fourth-order valence-electron chi connectivity index (χ4n) is 9.14. The van der Waals surface area contributed by atoms with Gasteiger partial charge in [-0.15, -0.1) is 0 Å². The van der Waals surface area contributed by atoms with Gasteiger partial charge in [-0.25, -0.2) is 129 Å². The number of hydrogen-bond acceptors (Lipinski definition) is 3. The van der Waals surface area contributed by atoms with Gasteiger partial charge in [-0.2, -0.15) is 0 Å². The van der Waals surface area contributed by atoms with Gasteiger partial charge >= 0.3 is 0 Å². The summed E-state index contributed by atoms with van der Waals surface area (Å²) in [4.78, 5) is 12.4. The molecule has 1 aromatic heterocycles. The first-order valence-electron chi connectivity index (χ1n) is 23.5. The lowest BCUT2D eigenvalue weighted by Crippen LogP contribution is -2.10. The van der Waals surface area contributed by atoms with Crippen LogP contribution in [0.3, 0.4) is 0 Å². The van der Waals surface area contributed by atoms with Gasteiger partial charge < -0.3 is 0 Å². The molecule has 0 amide bonds. The van der Waals surface area contributed by atoms with Crippen LogP contribution in [0.5, 0.6) is 0 Å². The minimum Gasteiger partial charge on any atom is -0.208 e. The van der Waals surface area contributed by atoms with Gasteiger partial charge in [-0.3, -0.25) is 0 Å². The maximum absolute atomic E-state index is 16.1. The number of nitrogens with zero attached hydrogens (tertiary/aromatic N) is 3. The molecule has 29 heteroatoms. The van der Waals surface area contributed by atoms with Crippen molar-refractivity contribution in [2.24, 2.45) is 0 Å². The zero-order valence-corrected chi connectivity index (χ0v) is 41.6. The minimum absolute atomic E-state index is 0.481. The first-order chi connectivity index (χ1) is 40.9. The molecular weight excluding hydrogens is 1230 g/mol. The van der Waals surface area contributed by atoms with Gasteiger partial charge in [0.05, 0.1) is 50.1 Å². The summed E-state index contributed by atoms with van der Waals surface area (Å²) < 4.78 is 393. The average Bonchev–Trinajstić information content (AvgIpc) is 0.913. The number of rotatable bonds is 9. The van der Waals surface area contributed by atoms with Crippen LogP contribution in [-0.4, -0.2) is 15.0 Å². The van der Waals surface area contributed by atoms with Crippen molar-refractivity contribution in [1.29, 1.82) is 0 Å². The zero-order chi connectivity index (χ0) is 63.6. The predicted molar refractivity (Wildman–Crippen MR) is 252 cm³/mol. The number of halogens is 26. The molecule has 0 N–H and O–H groups in total. The van der Waals surface area contributed by atoms with Gasteiger partial charge in [-0.05, 0) is 41.8 Å². The zero-order valence-electron chi connectivity index (χ0n) is 41.6. The van der Waals surface area contributed by atoms with Gasteiger partial charge in [0.1, 0.15) is 5.82 Å². The van der Waals surface area contributed by atoms with Gasteiger partial charge in [0, 0.05) is 22.3 Å². The molecule has 0 fully saturated rings. The van der Waals surface area contributed by atoms with E-state index < -0.39 is 258 Å². The molecule has 87 heavy (non-hydrogen) atoms. The minimum atomic E-state index is -2.87. The highest BCUT2D eigenvalue weighted by Crippen LogP contribution is 2.46. The van der Waals surface area contributed by atoms with Crippen LogP contribution in [0.4, 0.5) is 114 Å². The SMILES string of the molecule is Cc1c(F)c(F)c(F)c(-c2c(F)c(F)c(-c3cccc(-c4nc(-c5cccc(-c6c(F)c(F)c(-c7c(F)c(F)c(F)c(F)c7F)c(F)c6F)c5)nc(-c5cccc(-c6c(F)c(F)c(-c7c(F)c(F)c(F)c(F)c7F)c(F)c6F)c5)n4)c3)c(F)c2F)c1F. The number of hydrogen-bond donors (Lipinski definition) is 0. The van der Waals surface area contributed by atoms with Crippen molar-refractivity contribution in [2.45, 2.75) is 6.92 Å². The van der Waals surface area contributed by atoms with Gasteiger partial charge in [0.25, 0.3) is 0 Å². The van der Waals surface area contributed by atoms with Crippen molar-refractivity contribution in [3.05, 3.63) is 230 Å². The van der Waals surface area contributed by atoms with Crippen molar-refractivity contribution in [3.63, 3.8) is 0 Å². The van der Waals surface area contributed by atoms with Crippen LogP contribution in [0.2, 0.25) is 0 Å². The highest BCUT2D eigenvalue weighted by atomic mass is 19.2. The lowest BCUT2D eigenvalue weighted by molar-refractivity contribution is 0.379. The highest BCUT2D eigenvalue weighted by Gasteiger charge is 2.38. The van der Waals surface area contributed by atoms with Gasteiger partial charge in [0.2, 0.25) is 11.6 Å². The Kier molecular flexibility index (Phi) is 15.2. The molecule has 9 aromatic carbocycles. The Bertz CT molecular complexity index is 4030. The van der Waals surface area contributed by atoms with E-state index in [2.05, 4.69) is 15.0 Å². The quantitative estimate of drug-likeness (QED) is 0.0821. The monoisotopic (exact) mass is 1250 g/mol. The van der Waals surface area contributed by atoms with Gasteiger partial charge in [0.15, 0.2) is 151 Å². The van der Waals surface area contributed by atoms with Crippen molar-refractivity contribution in [2.75, 3.05) is 0 Å². The summed E-state index contributed by atoms with van der Waals surface area (Å²) in [6.45, 7) is 0.481. The average molecular weight is 1250 g/mol. The molecule has 0 atom stereocenters. The molecule has 0 aliphatic rings. The summed E-state index contributed by atoms with van der Waals surface area (Å²) in [5.74, 6) is -71.6. The van der Waals surface area contributed by atoms with Gasteiger partial charge in [-0.1, -0.05) is 54.6 Å². The van der Waals surface area contributed by atoms with E-state index in [0.717, 1.165) is 42.5 Å².